The largest absolute Gasteiger partial charge is 0.493 e. The van der Waals surface area contributed by atoms with Crippen LogP contribution in [0, 0.1) is 6.92 Å². The highest BCUT2D eigenvalue weighted by Crippen LogP contribution is 2.36. The highest BCUT2D eigenvalue weighted by molar-refractivity contribution is 7.10. The second-order valence-corrected chi connectivity index (χ2v) is 9.90. The molecule has 1 aliphatic rings. The normalized spacial score (nSPS) is 15.0. The third kappa shape index (κ3) is 5.11. The first-order valence-electron chi connectivity index (χ1n) is 12.1. The van der Waals surface area contributed by atoms with Crippen LogP contribution in [0.5, 0.6) is 11.5 Å². The van der Waals surface area contributed by atoms with Crippen molar-refractivity contribution in [2.75, 3.05) is 39.2 Å². The van der Waals surface area contributed by atoms with E-state index in [1.165, 1.54) is 30.8 Å². The number of ether oxygens (including phenoxy) is 2. The maximum absolute atomic E-state index is 5.50. The van der Waals surface area contributed by atoms with Crippen LogP contribution in [0.4, 0.5) is 5.82 Å². The van der Waals surface area contributed by atoms with Gasteiger partial charge < -0.3 is 19.7 Å². The first-order valence-corrected chi connectivity index (χ1v) is 12.9. The van der Waals surface area contributed by atoms with Crippen LogP contribution in [0.25, 0.3) is 22.2 Å². The minimum absolute atomic E-state index is 0.0663. The summed E-state index contributed by atoms with van der Waals surface area (Å²) in [6.07, 6.45) is 4.72. The van der Waals surface area contributed by atoms with Crippen LogP contribution in [0.1, 0.15) is 36.5 Å². The molecule has 184 valence electrons. The van der Waals surface area contributed by atoms with E-state index in [1.54, 1.807) is 25.6 Å². The Morgan fingerprint density at radius 3 is 2.60 bits per heavy atom. The van der Waals surface area contributed by atoms with Crippen molar-refractivity contribution in [2.24, 2.45) is 0 Å². The molecule has 0 saturated carbocycles. The number of methoxy groups -OCH3 is 2. The molecule has 4 aromatic rings. The molecule has 0 bridgehead atoms. The first-order chi connectivity index (χ1) is 17.0. The molecule has 4 heterocycles. The lowest BCUT2D eigenvalue weighted by molar-refractivity contribution is 0.316. The number of likely N-dealkylation sites (tertiary alicyclic amines) is 1. The van der Waals surface area contributed by atoms with Crippen LogP contribution in [0.15, 0.2) is 35.8 Å². The zero-order valence-electron chi connectivity index (χ0n) is 20.7. The number of nitrogens with zero attached hydrogens (tertiary/aromatic N) is 5. The van der Waals surface area contributed by atoms with Crippen molar-refractivity contribution in [1.29, 1.82) is 0 Å². The quantitative estimate of drug-likeness (QED) is 0.346. The van der Waals surface area contributed by atoms with Gasteiger partial charge in [-0.25, -0.2) is 9.97 Å². The van der Waals surface area contributed by atoms with Crippen LogP contribution >= 0.6 is 11.3 Å². The number of aromatic nitrogens is 4. The molecule has 8 nitrogen and oxygen atoms in total. The van der Waals surface area contributed by atoms with Crippen LogP contribution in [0.2, 0.25) is 0 Å². The number of fused-ring (bicyclic) bond motifs is 1. The predicted octanol–water partition coefficient (Wildman–Crippen LogP) is 5.15. The molecule has 1 aromatic carbocycles. The second kappa shape index (κ2) is 10.2. The first kappa shape index (κ1) is 23.6. The monoisotopic (exact) mass is 492 g/mol. The smallest absolute Gasteiger partial charge is 0.162 e. The van der Waals surface area contributed by atoms with Gasteiger partial charge in [-0.2, -0.15) is 5.10 Å². The fourth-order valence-electron chi connectivity index (χ4n) is 4.56. The Morgan fingerprint density at radius 1 is 1.06 bits per heavy atom. The van der Waals surface area contributed by atoms with Gasteiger partial charge in [0.05, 0.1) is 38.0 Å². The van der Waals surface area contributed by atoms with Gasteiger partial charge in [0.1, 0.15) is 11.6 Å². The predicted molar refractivity (Wildman–Crippen MR) is 141 cm³/mol. The van der Waals surface area contributed by atoms with Crippen molar-refractivity contribution in [1.82, 2.24) is 24.6 Å². The molecule has 5 rings (SSSR count). The Balaban J connectivity index is 1.32. The Kier molecular flexibility index (Phi) is 6.88. The summed E-state index contributed by atoms with van der Waals surface area (Å²) in [4.78, 5) is 13.0. The number of thiophene rings is 1. The van der Waals surface area contributed by atoms with Gasteiger partial charge in [0.15, 0.2) is 11.5 Å². The molecule has 0 amide bonds. The summed E-state index contributed by atoms with van der Waals surface area (Å²) in [7, 11) is 3.26. The third-order valence-electron chi connectivity index (χ3n) is 6.49. The summed E-state index contributed by atoms with van der Waals surface area (Å²) in [5.74, 6) is 2.79. The summed E-state index contributed by atoms with van der Waals surface area (Å²) in [6.45, 7) is 8.48. The summed E-state index contributed by atoms with van der Waals surface area (Å²) < 4.78 is 13.0. The Morgan fingerprint density at radius 2 is 1.83 bits per heavy atom. The standard InChI is InChI=1S/C26H32N6O2S/c1-17(27-26-20-14-23(33-3)24(34-4)15-22(20)28-18(2)29-26)25-13-19(16-35-25)21-7-10-32(30-21)12-11-31-8-5-6-9-31/h7,10,13-17H,5-6,8-9,11-12H2,1-4H3,(H,27,28,29). The Hall–Kier alpha value is -3.17. The SMILES string of the molecule is COc1cc2nc(C)nc(NC(C)c3cc(-c4ccn(CCN5CCCC5)n4)cs3)c2cc1OC. The lowest BCUT2D eigenvalue weighted by Crippen LogP contribution is -2.24. The van der Waals surface area contributed by atoms with Crippen LogP contribution < -0.4 is 14.8 Å². The number of anilines is 1. The van der Waals surface area contributed by atoms with Gasteiger partial charge in [0.25, 0.3) is 0 Å². The molecular weight excluding hydrogens is 460 g/mol. The van der Waals surface area contributed by atoms with Gasteiger partial charge in [0.2, 0.25) is 0 Å². The number of rotatable bonds is 9. The molecule has 3 aromatic heterocycles. The van der Waals surface area contributed by atoms with E-state index in [4.69, 9.17) is 14.6 Å². The van der Waals surface area contributed by atoms with Gasteiger partial charge in [-0.3, -0.25) is 4.68 Å². The molecule has 1 N–H and O–H groups in total. The van der Waals surface area contributed by atoms with E-state index >= 15 is 0 Å². The molecule has 0 radical (unpaired) electrons. The van der Waals surface area contributed by atoms with E-state index in [-0.39, 0.29) is 6.04 Å². The van der Waals surface area contributed by atoms with E-state index in [2.05, 4.69) is 55.5 Å². The number of benzene rings is 1. The maximum atomic E-state index is 5.50. The van der Waals surface area contributed by atoms with Gasteiger partial charge in [-0.15, -0.1) is 11.3 Å². The van der Waals surface area contributed by atoms with E-state index in [0.717, 1.165) is 41.1 Å². The second-order valence-electron chi connectivity index (χ2n) is 8.96. The zero-order chi connectivity index (χ0) is 24.4. The molecule has 35 heavy (non-hydrogen) atoms. The minimum atomic E-state index is 0.0663. The van der Waals surface area contributed by atoms with Gasteiger partial charge >= 0.3 is 0 Å². The molecular formula is C26H32N6O2S. The minimum Gasteiger partial charge on any atom is -0.493 e. The molecule has 1 unspecified atom stereocenters. The van der Waals surface area contributed by atoms with Gasteiger partial charge in [-0.05, 0) is 58.0 Å². The molecule has 1 aliphatic heterocycles. The van der Waals surface area contributed by atoms with Crippen molar-refractivity contribution < 1.29 is 9.47 Å². The molecule has 0 spiro atoms. The van der Waals surface area contributed by atoms with Crippen molar-refractivity contribution in [3.63, 3.8) is 0 Å². The number of aryl methyl sites for hydroxylation is 1. The number of hydrogen-bond donors (Lipinski definition) is 1. The molecule has 0 aliphatic carbocycles. The fourth-order valence-corrected chi connectivity index (χ4v) is 5.47. The lowest BCUT2D eigenvalue weighted by Gasteiger charge is -2.16. The van der Waals surface area contributed by atoms with E-state index < -0.39 is 0 Å². The highest BCUT2D eigenvalue weighted by Gasteiger charge is 2.17. The Labute approximate surface area is 209 Å². The van der Waals surface area contributed by atoms with E-state index in [1.807, 2.05) is 19.1 Å². The van der Waals surface area contributed by atoms with Gasteiger partial charge in [-0.1, -0.05) is 0 Å². The van der Waals surface area contributed by atoms with E-state index in [9.17, 15) is 0 Å². The Bertz CT molecular complexity index is 1310. The molecule has 9 heteroatoms. The third-order valence-corrected chi connectivity index (χ3v) is 7.61. The molecule has 1 saturated heterocycles. The summed E-state index contributed by atoms with van der Waals surface area (Å²) in [5, 5.41) is 11.5. The maximum Gasteiger partial charge on any atom is 0.162 e. The molecule has 1 fully saturated rings. The summed E-state index contributed by atoms with van der Waals surface area (Å²) >= 11 is 1.73. The van der Waals surface area contributed by atoms with Crippen molar-refractivity contribution in [3.05, 3.63) is 46.5 Å². The highest BCUT2D eigenvalue weighted by atomic mass is 32.1. The lowest BCUT2D eigenvalue weighted by atomic mass is 10.1. The average molecular weight is 493 g/mol. The van der Waals surface area contributed by atoms with Crippen LogP contribution in [-0.4, -0.2) is 58.5 Å². The summed E-state index contributed by atoms with van der Waals surface area (Å²) in [5.41, 5.74) is 2.98. The zero-order valence-corrected chi connectivity index (χ0v) is 21.6. The topological polar surface area (TPSA) is 77.3 Å². The number of nitrogens with one attached hydrogen (secondary N) is 1. The van der Waals surface area contributed by atoms with Crippen LogP contribution in [-0.2, 0) is 6.54 Å². The number of hydrogen-bond acceptors (Lipinski definition) is 8. The van der Waals surface area contributed by atoms with Crippen LogP contribution in [0.3, 0.4) is 0 Å². The summed E-state index contributed by atoms with van der Waals surface area (Å²) in [6, 6.07) is 8.21. The van der Waals surface area contributed by atoms with Gasteiger partial charge in [0, 0.05) is 40.0 Å². The van der Waals surface area contributed by atoms with Crippen molar-refractivity contribution in [3.8, 4) is 22.8 Å². The average Bonchev–Trinajstić information content (AvgIpc) is 3.63. The van der Waals surface area contributed by atoms with Crippen molar-refractivity contribution in [2.45, 2.75) is 39.3 Å². The van der Waals surface area contributed by atoms with E-state index in [0.29, 0.717) is 17.3 Å². The van der Waals surface area contributed by atoms with Crippen molar-refractivity contribution >= 4 is 28.1 Å². The fraction of sp³-hybridized carbons (Fsp3) is 0.423. The molecule has 1 atom stereocenters.